The zero-order chi connectivity index (χ0) is 12.5. The fourth-order valence-corrected chi connectivity index (χ4v) is 1.83. The summed E-state index contributed by atoms with van der Waals surface area (Å²) in [5, 5.41) is 1.87. The topological polar surface area (TPSA) is 11.3 Å². The van der Waals surface area contributed by atoms with Crippen molar-refractivity contribution in [3.05, 3.63) is 66.4 Å². The lowest BCUT2D eigenvalue weighted by Crippen LogP contribution is -1.79. The average Bonchev–Trinajstić information content (AvgIpc) is 2.41. The highest BCUT2D eigenvalue weighted by molar-refractivity contribution is 5.84. The van der Waals surface area contributed by atoms with Crippen LogP contribution in [0.4, 0.5) is 0 Å². The summed E-state index contributed by atoms with van der Waals surface area (Å²) in [6, 6.07) is 16.3. The predicted octanol–water partition coefficient (Wildman–Crippen LogP) is 4.69. The molecule has 0 fully saturated rings. The van der Waals surface area contributed by atoms with E-state index in [4.69, 9.17) is 5.79 Å². The van der Waals surface area contributed by atoms with Gasteiger partial charge in [0.15, 0.2) is 0 Å². The maximum atomic E-state index is 8.24. The van der Waals surface area contributed by atoms with E-state index in [1.807, 2.05) is 55.5 Å². The molecule has 17 heavy (non-hydrogen) atoms. The smallest absolute Gasteiger partial charge is 0.215 e. The zero-order valence-electron chi connectivity index (χ0n) is 10.6. The van der Waals surface area contributed by atoms with Crippen LogP contribution in [0.5, 0.6) is 0 Å². The van der Waals surface area contributed by atoms with E-state index in [1.54, 1.807) is 6.26 Å². The quantitative estimate of drug-likeness (QED) is 0.544. The molecule has 82 valence electrons. The molecule has 1 aromatic heterocycles. The van der Waals surface area contributed by atoms with Gasteiger partial charge in [-0.15, -0.1) is 0 Å². The second-order valence-electron chi connectivity index (χ2n) is 4.14. The predicted molar refractivity (Wildman–Crippen MR) is 70.8 cm³/mol. The largest absolute Gasteiger partial charge is 0.360 e. The van der Waals surface area contributed by atoms with Crippen molar-refractivity contribution in [3.63, 3.8) is 0 Å². The highest BCUT2D eigenvalue weighted by Gasteiger charge is 2.11. The summed E-state index contributed by atoms with van der Waals surface area (Å²) in [6.07, 6.45) is 1.71. The number of aryl methyl sites for hydroxylation is 1. The Bertz CT molecular complexity index is 702. The van der Waals surface area contributed by atoms with Crippen molar-refractivity contribution in [3.8, 4) is 11.3 Å². The molecule has 0 N–H and O–H groups in total. The number of hydrogen-bond acceptors (Lipinski definition) is 0. The number of rotatable bonds is 1. The van der Waals surface area contributed by atoms with E-state index in [1.165, 1.54) is 5.56 Å². The third-order valence-corrected chi connectivity index (χ3v) is 2.83. The van der Waals surface area contributed by atoms with Crippen molar-refractivity contribution >= 4 is 10.8 Å². The Hall–Kier alpha value is -2.15. The van der Waals surface area contributed by atoms with Crippen molar-refractivity contribution in [2.45, 2.75) is 6.92 Å². The van der Waals surface area contributed by atoms with Gasteiger partial charge in [0.05, 0.1) is 18.4 Å². The average molecular weight is 222 g/mol. The van der Waals surface area contributed by atoms with Gasteiger partial charge in [0, 0.05) is 0 Å². The zero-order valence-corrected chi connectivity index (χ0v) is 9.60. The number of benzene rings is 2. The Morgan fingerprint density at radius 3 is 2.41 bits per heavy atom. The summed E-state index contributed by atoms with van der Waals surface area (Å²) in [7, 11) is 0. The summed E-state index contributed by atoms with van der Waals surface area (Å²) < 4.78 is 13.8. The van der Waals surface area contributed by atoms with Crippen LogP contribution in [0.2, 0.25) is 0 Å². The lowest BCUT2D eigenvalue weighted by molar-refractivity contribution is 0.573. The van der Waals surface area contributed by atoms with Crippen LogP contribution < -0.4 is 0 Å². The fraction of sp³-hybridized carbons (Fsp3) is 0.0625. The molecule has 0 aliphatic heterocycles. The molecule has 1 heterocycles. The molecule has 1 heteroatoms. The van der Waals surface area contributed by atoms with E-state index in [2.05, 4.69) is 0 Å². The monoisotopic (exact) mass is 222 g/mol. The lowest BCUT2D eigenvalue weighted by atomic mass is 10.1. The van der Waals surface area contributed by atoms with Crippen LogP contribution in [0.15, 0.2) is 65.3 Å². The molecule has 3 rings (SSSR count). The van der Waals surface area contributed by atoms with Gasteiger partial charge in [-0.1, -0.05) is 35.9 Å². The third-order valence-electron chi connectivity index (χ3n) is 2.83. The summed E-state index contributed by atoms with van der Waals surface area (Å²) in [4.78, 5) is 0. The maximum Gasteiger partial charge on any atom is 0.360 e. The van der Waals surface area contributed by atoms with Crippen molar-refractivity contribution in [2.24, 2.45) is 0 Å². The minimum absolute atomic E-state index is 0.442. The Morgan fingerprint density at radius 1 is 0.941 bits per heavy atom. The first-order chi connectivity index (χ1) is 8.75. The van der Waals surface area contributed by atoms with Crippen LogP contribution in [-0.4, -0.2) is 0 Å². The molecular weight excluding hydrogens is 208 g/mol. The van der Waals surface area contributed by atoms with Crippen molar-refractivity contribution < 1.29 is 5.79 Å². The summed E-state index contributed by atoms with van der Waals surface area (Å²) in [5.74, 6) is 0.619. The van der Waals surface area contributed by atoms with E-state index in [0.29, 0.717) is 11.8 Å². The first-order valence-corrected chi connectivity index (χ1v) is 5.63. The Kier molecular flexibility index (Phi) is 2.11. The van der Waals surface area contributed by atoms with Crippen LogP contribution in [0.1, 0.15) is 6.93 Å². The number of hydrogen-bond donors (Lipinski definition) is 0. The lowest BCUT2D eigenvalue weighted by Gasteiger charge is -1.95. The molecule has 0 bridgehead atoms. The van der Waals surface area contributed by atoms with E-state index in [0.717, 1.165) is 16.3 Å². The molecule has 2 aromatic carbocycles. The molecule has 0 atom stereocenters. The molecule has 0 amide bonds. The normalized spacial score (nSPS) is 11.5. The SMILES string of the molecule is [2H]c1c(-c2ccc(C)cc2)[o+]cc2ccccc12. The fourth-order valence-electron chi connectivity index (χ4n) is 1.83. The Balaban J connectivity index is 2.24. The Morgan fingerprint density at radius 2 is 1.65 bits per heavy atom. The molecule has 0 saturated carbocycles. The molecule has 3 aromatic rings. The highest BCUT2D eigenvalue weighted by Crippen LogP contribution is 2.24. The van der Waals surface area contributed by atoms with Gasteiger partial charge in [0.1, 0.15) is 0 Å². The van der Waals surface area contributed by atoms with Gasteiger partial charge in [0.2, 0.25) is 0 Å². The van der Waals surface area contributed by atoms with Gasteiger partial charge < -0.3 is 0 Å². The van der Waals surface area contributed by atoms with Gasteiger partial charge in [-0.3, -0.25) is 0 Å². The van der Waals surface area contributed by atoms with Gasteiger partial charge in [-0.2, -0.15) is 0 Å². The first-order valence-electron chi connectivity index (χ1n) is 6.13. The van der Waals surface area contributed by atoms with Gasteiger partial charge in [0.25, 0.3) is 0 Å². The van der Waals surface area contributed by atoms with E-state index in [9.17, 15) is 0 Å². The first kappa shape index (κ1) is 8.94. The van der Waals surface area contributed by atoms with E-state index >= 15 is 0 Å². The van der Waals surface area contributed by atoms with Gasteiger partial charge in [-0.25, -0.2) is 4.42 Å². The van der Waals surface area contributed by atoms with Crippen molar-refractivity contribution in [1.82, 2.24) is 0 Å². The van der Waals surface area contributed by atoms with Crippen LogP contribution in [0.25, 0.3) is 22.1 Å². The summed E-state index contributed by atoms with van der Waals surface area (Å²) in [6.45, 7) is 2.04. The van der Waals surface area contributed by atoms with Crippen LogP contribution in [-0.2, 0) is 0 Å². The highest BCUT2D eigenvalue weighted by atomic mass is 16.3. The Labute approximate surface area is 102 Å². The molecule has 0 spiro atoms. The molecular formula is C16H13O+. The van der Waals surface area contributed by atoms with E-state index < -0.39 is 0 Å². The molecule has 0 unspecified atom stereocenters. The third kappa shape index (κ3) is 1.92. The minimum Gasteiger partial charge on any atom is -0.215 e. The second-order valence-corrected chi connectivity index (χ2v) is 4.14. The minimum atomic E-state index is 0.442. The van der Waals surface area contributed by atoms with Crippen molar-refractivity contribution in [2.75, 3.05) is 0 Å². The van der Waals surface area contributed by atoms with Crippen LogP contribution in [0.3, 0.4) is 0 Å². The van der Waals surface area contributed by atoms with Crippen molar-refractivity contribution in [1.29, 1.82) is 0 Å². The molecule has 0 saturated heterocycles. The van der Waals surface area contributed by atoms with Gasteiger partial charge in [-0.05, 0) is 30.5 Å². The maximum absolute atomic E-state index is 8.24. The second kappa shape index (κ2) is 4.02. The molecule has 0 aliphatic carbocycles. The standard InChI is InChI=1S/C16H13O/c1-12-6-8-13(9-7-12)16-10-14-4-2-3-5-15(14)11-17-16/h2-11H,1H3/q+1/i10D. The molecule has 0 radical (unpaired) electrons. The molecule has 0 aliphatic rings. The van der Waals surface area contributed by atoms with Crippen LogP contribution >= 0.6 is 0 Å². The van der Waals surface area contributed by atoms with E-state index in [-0.39, 0.29) is 0 Å². The summed E-state index contributed by atoms with van der Waals surface area (Å²) >= 11 is 0. The van der Waals surface area contributed by atoms with Crippen LogP contribution in [0, 0.1) is 6.92 Å². The van der Waals surface area contributed by atoms with Gasteiger partial charge >= 0.3 is 12.0 Å². The summed E-state index contributed by atoms with van der Waals surface area (Å²) in [5.41, 5.74) is 2.14. The molecule has 1 nitrogen and oxygen atoms in total. The number of fused-ring (bicyclic) bond motifs is 1.